The molecule has 0 radical (unpaired) electrons. The molecule has 0 aromatic rings. The van der Waals surface area contributed by atoms with E-state index in [1.807, 2.05) is 0 Å². The van der Waals surface area contributed by atoms with Crippen LogP contribution in [-0.2, 0) is 4.74 Å². The van der Waals surface area contributed by atoms with E-state index in [0.29, 0.717) is 6.10 Å². The van der Waals surface area contributed by atoms with Gasteiger partial charge in [0.2, 0.25) is 0 Å². The van der Waals surface area contributed by atoms with Crippen LogP contribution in [0.1, 0.15) is 51.9 Å². The zero-order valence-electron chi connectivity index (χ0n) is 11.7. The maximum absolute atomic E-state index is 6.21. The molecule has 2 bridgehead atoms. The lowest BCUT2D eigenvalue weighted by molar-refractivity contribution is -0.0820. The van der Waals surface area contributed by atoms with Gasteiger partial charge in [-0.05, 0) is 44.4 Å². The smallest absolute Gasteiger partial charge is 0.0593 e. The molecule has 2 saturated heterocycles. The maximum atomic E-state index is 6.21. The fourth-order valence-electron chi connectivity index (χ4n) is 4.58. The molecular weight excluding hydrogens is 224 g/mol. The summed E-state index contributed by atoms with van der Waals surface area (Å²) in [6.45, 7) is 5.29. The van der Waals surface area contributed by atoms with Crippen molar-refractivity contribution in [3.8, 4) is 0 Å². The fourth-order valence-corrected chi connectivity index (χ4v) is 4.58. The monoisotopic (exact) mass is 252 g/mol. The average molecular weight is 252 g/mol. The number of ether oxygens (including phenoxy) is 1. The zero-order chi connectivity index (χ0) is 12.6. The fraction of sp³-hybridized carbons (Fsp3) is 1.00. The molecule has 4 atom stereocenters. The lowest BCUT2D eigenvalue weighted by Crippen LogP contribution is -2.60. The first-order valence-electron chi connectivity index (χ1n) is 7.86. The first kappa shape index (κ1) is 12.9. The van der Waals surface area contributed by atoms with E-state index in [0.717, 1.165) is 31.5 Å². The van der Waals surface area contributed by atoms with Gasteiger partial charge in [0, 0.05) is 31.3 Å². The summed E-state index contributed by atoms with van der Waals surface area (Å²) in [5.74, 6) is 0.964. The van der Waals surface area contributed by atoms with E-state index in [9.17, 15) is 0 Å². The van der Waals surface area contributed by atoms with Gasteiger partial charge in [-0.3, -0.25) is 4.90 Å². The van der Waals surface area contributed by atoms with Gasteiger partial charge in [-0.15, -0.1) is 0 Å². The van der Waals surface area contributed by atoms with Gasteiger partial charge >= 0.3 is 0 Å². The number of hydrogen-bond donors (Lipinski definition) is 1. The quantitative estimate of drug-likeness (QED) is 0.833. The summed E-state index contributed by atoms with van der Waals surface area (Å²) < 4.78 is 5.93. The third kappa shape index (κ3) is 2.10. The summed E-state index contributed by atoms with van der Waals surface area (Å²) in [7, 11) is 0. The Labute approximate surface area is 111 Å². The molecule has 0 spiro atoms. The van der Waals surface area contributed by atoms with Crippen molar-refractivity contribution in [2.45, 2.75) is 69.6 Å². The minimum Gasteiger partial charge on any atom is -0.378 e. The number of hydrogen-bond acceptors (Lipinski definition) is 3. The van der Waals surface area contributed by atoms with Crippen LogP contribution >= 0.6 is 0 Å². The summed E-state index contributed by atoms with van der Waals surface area (Å²) in [5.41, 5.74) is 6.47. The second kappa shape index (κ2) is 5.10. The first-order valence-corrected chi connectivity index (χ1v) is 7.86. The predicted octanol–water partition coefficient (Wildman–Crippen LogP) is 2.15. The first-order chi connectivity index (χ1) is 8.77. The minimum absolute atomic E-state index is 0.262. The lowest BCUT2D eigenvalue weighted by Gasteiger charge is -2.50. The van der Waals surface area contributed by atoms with Crippen molar-refractivity contribution >= 4 is 0 Å². The maximum Gasteiger partial charge on any atom is 0.0593 e. The van der Waals surface area contributed by atoms with Gasteiger partial charge in [-0.1, -0.05) is 13.3 Å². The Hall–Kier alpha value is -0.120. The van der Waals surface area contributed by atoms with Crippen molar-refractivity contribution in [3.63, 3.8) is 0 Å². The number of piperidine rings is 1. The highest BCUT2D eigenvalue weighted by Crippen LogP contribution is 2.45. The molecule has 4 unspecified atom stereocenters. The molecule has 3 fully saturated rings. The van der Waals surface area contributed by atoms with Crippen molar-refractivity contribution in [2.24, 2.45) is 11.7 Å². The summed E-state index contributed by atoms with van der Waals surface area (Å²) >= 11 is 0. The summed E-state index contributed by atoms with van der Waals surface area (Å²) in [4.78, 5) is 2.78. The lowest BCUT2D eigenvalue weighted by atomic mass is 9.82. The predicted molar refractivity (Wildman–Crippen MR) is 73.5 cm³/mol. The van der Waals surface area contributed by atoms with Crippen LogP contribution in [0.3, 0.4) is 0 Å². The van der Waals surface area contributed by atoms with Gasteiger partial charge in [-0.2, -0.15) is 0 Å². The van der Waals surface area contributed by atoms with Crippen LogP contribution in [-0.4, -0.2) is 42.3 Å². The normalized spacial score (nSPS) is 44.7. The Bertz CT molecular complexity index is 294. The molecule has 104 valence electrons. The highest BCUT2D eigenvalue weighted by atomic mass is 16.5. The molecule has 3 rings (SSSR count). The van der Waals surface area contributed by atoms with Crippen molar-refractivity contribution < 1.29 is 4.74 Å². The summed E-state index contributed by atoms with van der Waals surface area (Å²) in [6, 6.07) is 0.832. The van der Waals surface area contributed by atoms with Crippen molar-refractivity contribution in [1.29, 1.82) is 0 Å². The number of nitrogens with two attached hydrogens (primary N) is 1. The van der Waals surface area contributed by atoms with Crippen LogP contribution in [0.15, 0.2) is 0 Å². The third-order valence-corrected chi connectivity index (χ3v) is 5.54. The molecule has 3 heteroatoms. The van der Waals surface area contributed by atoms with Gasteiger partial charge in [0.05, 0.1) is 6.10 Å². The molecule has 2 heterocycles. The van der Waals surface area contributed by atoms with Gasteiger partial charge in [0.15, 0.2) is 0 Å². The van der Waals surface area contributed by atoms with Crippen LogP contribution in [0.25, 0.3) is 0 Å². The standard InChI is InChI=1S/C15H28N2O/c1-2-3-14-9-15(11-16,6-7-18-14)17-10-12-4-5-13(17)8-12/h12-14H,2-11,16H2,1H3. The molecule has 0 aromatic heterocycles. The highest BCUT2D eigenvalue weighted by molar-refractivity contribution is 5.05. The molecule has 3 aliphatic rings. The largest absolute Gasteiger partial charge is 0.378 e. The van der Waals surface area contributed by atoms with E-state index in [4.69, 9.17) is 10.5 Å². The van der Waals surface area contributed by atoms with Gasteiger partial charge < -0.3 is 10.5 Å². The second-order valence-electron chi connectivity index (χ2n) is 6.65. The van der Waals surface area contributed by atoms with Crippen LogP contribution < -0.4 is 5.73 Å². The number of nitrogens with zero attached hydrogens (tertiary/aromatic N) is 1. The van der Waals surface area contributed by atoms with E-state index in [1.165, 1.54) is 45.1 Å². The van der Waals surface area contributed by atoms with Crippen LogP contribution in [0.2, 0.25) is 0 Å². The van der Waals surface area contributed by atoms with Crippen LogP contribution in [0, 0.1) is 5.92 Å². The molecule has 0 aromatic carbocycles. The number of rotatable bonds is 4. The summed E-state index contributed by atoms with van der Waals surface area (Å²) in [6.07, 6.45) is 9.48. The molecular formula is C15H28N2O. The molecule has 0 amide bonds. The van der Waals surface area contributed by atoms with Gasteiger partial charge in [-0.25, -0.2) is 0 Å². The van der Waals surface area contributed by atoms with Gasteiger partial charge in [0.25, 0.3) is 0 Å². The van der Waals surface area contributed by atoms with E-state index >= 15 is 0 Å². The topological polar surface area (TPSA) is 38.5 Å². The zero-order valence-corrected chi connectivity index (χ0v) is 11.7. The Balaban J connectivity index is 1.73. The Kier molecular flexibility index (Phi) is 3.65. The van der Waals surface area contributed by atoms with Crippen molar-refractivity contribution in [1.82, 2.24) is 4.90 Å². The van der Waals surface area contributed by atoms with Crippen molar-refractivity contribution in [2.75, 3.05) is 19.7 Å². The SMILES string of the molecule is CCCC1CC(CN)(N2CC3CCC2C3)CCO1. The molecule has 1 saturated carbocycles. The Morgan fingerprint density at radius 3 is 2.89 bits per heavy atom. The number of fused-ring (bicyclic) bond motifs is 2. The van der Waals surface area contributed by atoms with E-state index in [2.05, 4.69) is 11.8 Å². The van der Waals surface area contributed by atoms with Gasteiger partial charge in [0.1, 0.15) is 0 Å². The van der Waals surface area contributed by atoms with Crippen LogP contribution in [0.5, 0.6) is 0 Å². The Morgan fingerprint density at radius 2 is 2.28 bits per heavy atom. The second-order valence-corrected chi connectivity index (χ2v) is 6.65. The van der Waals surface area contributed by atoms with E-state index in [-0.39, 0.29) is 5.54 Å². The molecule has 2 aliphatic heterocycles. The van der Waals surface area contributed by atoms with E-state index < -0.39 is 0 Å². The number of likely N-dealkylation sites (tertiary alicyclic amines) is 1. The molecule has 2 N–H and O–H groups in total. The average Bonchev–Trinajstić information content (AvgIpc) is 3.02. The van der Waals surface area contributed by atoms with E-state index in [1.54, 1.807) is 0 Å². The minimum atomic E-state index is 0.262. The summed E-state index contributed by atoms with van der Waals surface area (Å²) in [5, 5.41) is 0. The third-order valence-electron chi connectivity index (χ3n) is 5.54. The molecule has 1 aliphatic carbocycles. The highest BCUT2D eigenvalue weighted by Gasteiger charge is 2.49. The van der Waals surface area contributed by atoms with Crippen molar-refractivity contribution in [3.05, 3.63) is 0 Å². The molecule has 3 nitrogen and oxygen atoms in total. The molecule has 18 heavy (non-hydrogen) atoms. The van der Waals surface area contributed by atoms with Crippen LogP contribution in [0.4, 0.5) is 0 Å². The Morgan fingerprint density at radius 1 is 1.39 bits per heavy atom.